The van der Waals surface area contributed by atoms with Gasteiger partial charge >= 0.3 is 6.01 Å². The number of nitrogens with zero attached hydrogens (tertiary/aromatic N) is 3. The van der Waals surface area contributed by atoms with Gasteiger partial charge in [0.05, 0.1) is 17.4 Å². The summed E-state index contributed by atoms with van der Waals surface area (Å²) in [7, 11) is 0. The first kappa shape index (κ1) is 11.7. The second kappa shape index (κ2) is 4.36. The number of amides is 1. The highest BCUT2D eigenvalue weighted by Gasteiger charge is 2.26. The number of anilines is 3. The van der Waals surface area contributed by atoms with Crippen molar-refractivity contribution >= 4 is 23.3 Å². The molecule has 1 amide bonds. The van der Waals surface area contributed by atoms with Gasteiger partial charge in [-0.1, -0.05) is 17.2 Å². The second-order valence-corrected chi connectivity index (χ2v) is 4.36. The summed E-state index contributed by atoms with van der Waals surface area (Å²) < 4.78 is 5.49. The van der Waals surface area contributed by atoms with Crippen LogP contribution in [0.1, 0.15) is 18.9 Å². The lowest BCUT2D eigenvalue weighted by molar-refractivity contribution is -0.115. The maximum absolute atomic E-state index is 11.7. The average Bonchev–Trinajstić information content (AvgIpc) is 2.87. The van der Waals surface area contributed by atoms with E-state index >= 15 is 0 Å². The van der Waals surface area contributed by atoms with Gasteiger partial charge in [-0.15, -0.1) is 5.10 Å². The van der Waals surface area contributed by atoms with Gasteiger partial charge < -0.3 is 15.5 Å². The van der Waals surface area contributed by atoms with Crippen LogP contribution in [-0.4, -0.2) is 22.6 Å². The third kappa shape index (κ3) is 2.04. The van der Waals surface area contributed by atoms with Gasteiger partial charge in [-0.05, 0) is 19.1 Å². The van der Waals surface area contributed by atoms with Crippen LogP contribution >= 0.6 is 0 Å². The van der Waals surface area contributed by atoms with Crippen LogP contribution < -0.4 is 16.0 Å². The first-order valence-electron chi connectivity index (χ1n) is 5.90. The number of fused-ring (bicyclic) bond motifs is 1. The molecule has 0 bridgehead atoms. The molecule has 98 valence electrons. The van der Waals surface area contributed by atoms with Gasteiger partial charge in [0.25, 0.3) is 0 Å². The SMILES string of the molecule is CC(N)c1nnc(N2CC(=O)Nc3ccccc32)o1. The lowest BCUT2D eigenvalue weighted by Gasteiger charge is -2.27. The van der Waals surface area contributed by atoms with Crippen molar-refractivity contribution in [2.24, 2.45) is 5.73 Å². The number of hydrogen-bond acceptors (Lipinski definition) is 6. The summed E-state index contributed by atoms with van der Waals surface area (Å²) in [5.74, 6) is 0.220. The van der Waals surface area contributed by atoms with Crippen molar-refractivity contribution < 1.29 is 9.21 Å². The Kier molecular flexibility index (Phi) is 2.68. The maximum Gasteiger partial charge on any atom is 0.323 e. The minimum absolute atomic E-state index is 0.126. The molecule has 2 heterocycles. The molecule has 7 heteroatoms. The number of carbonyl (C=O) groups excluding carboxylic acids is 1. The largest absolute Gasteiger partial charge is 0.406 e. The average molecular weight is 259 g/mol. The van der Waals surface area contributed by atoms with Crippen LogP contribution in [0.2, 0.25) is 0 Å². The Morgan fingerprint density at radius 1 is 1.42 bits per heavy atom. The molecule has 3 N–H and O–H groups in total. The molecule has 3 rings (SSSR count). The van der Waals surface area contributed by atoms with Gasteiger partial charge in [0.2, 0.25) is 11.8 Å². The van der Waals surface area contributed by atoms with Crippen LogP contribution in [0.5, 0.6) is 0 Å². The normalized spacial score (nSPS) is 15.9. The number of rotatable bonds is 2. The summed E-state index contributed by atoms with van der Waals surface area (Å²) in [4.78, 5) is 13.4. The summed E-state index contributed by atoms with van der Waals surface area (Å²) in [5, 5.41) is 10.6. The van der Waals surface area contributed by atoms with Crippen LogP contribution in [0.25, 0.3) is 0 Å². The predicted octanol–water partition coefficient (Wildman–Crippen LogP) is 1.18. The van der Waals surface area contributed by atoms with Crippen molar-refractivity contribution in [3.05, 3.63) is 30.2 Å². The van der Waals surface area contributed by atoms with Gasteiger partial charge in [0, 0.05) is 0 Å². The van der Waals surface area contributed by atoms with E-state index in [1.54, 1.807) is 11.8 Å². The molecule has 0 fully saturated rings. The summed E-state index contributed by atoms with van der Waals surface area (Å²) in [6.07, 6.45) is 0. The lowest BCUT2D eigenvalue weighted by atomic mass is 10.2. The molecule has 2 aromatic rings. The number of hydrogen-bond donors (Lipinski definition) is 2. The molecule has 7 nitrogen and oxygen atoms in total. The molecule has 1 atom stereocenters. The number of para-hydroxylation sites is 2. The van der Waals surface area contributed by atoms with E-state index in [1.165, 1.54) is 0 Å². The molecule has 0 aliphatic carbocycles. The maximum atomic E-state index is 11.7. The molecule has 1 aliphatic heterocycles. The molecule has 0 saturated carbocycles. The third-order valence-electron chi connectivity index (χ3n) is 2.82. The van der Waals surface area contributed by atoms with Crippen LogP contribution in [0.15, 0.2) is 28.7 Å². The van der Waals surface area contributed by atoms with Crippen molar-refractivity contribution in [1.82, 2.24) is 10.2 Å². The molecule has 0 radical (unpaired) electrons. The minimum atomic E-state index is -0.338. The van der Waals surface area contributed by atoms with Crippen molar-refractivity contribution in [1.29, 1.82) is 0 Å². The fourth-order valence-corrected chi connectivity index (χ4v) is 1.92. The Balaban J connectivity index is 2.02. The highest BCUT2D eigenvalue weighted by molar-refractivity contribution is 6.02. The molecule has 0 saturated heterocycles. The van der Waals surface area contributed by atoms with E-state index < -0.39 is 0 Å². The van der Waals surface area contributed by atoms with Crippen LogP contribution in [0.4, 0.5) is 17.4 Å². The Bertz CT molecular complexity index is 622. The number of nitrogens with two attached hydrogens (primary N) is 1. The molecular weight excluding hydrogens is 246 g/mol. The molecular formula is C12H13N5O2. The van der Waals surface area contributed by atoms with E-state index in [-0.39, 0.29) is 24.5 Å². The standard InChI is InChI=1S/C12H13N5O2/c1-7(13)11-15-16-12(19-11)17-6-10(18)14-8-4-2-3-5-9(8)17/h2-5,7H,6,13H2,1H3,(H,14,18). The van der Waals surface area contributed by atoms with E-state index in [0.29, 0.717) is 5.89 Å². The molecule has 1 aromatic heterocycles. The number of nitrogens with one attached hydrogen (secondary N) is 1. The first-order valence-corrected chi connectivity index (χ1v) is 5.90. The van der Waals surface area contributed by atoms with Gasteiger partial charge in [0.15, 0.2) is 0 Å². The Hall–Kier alpha value is -2.41. The quantitative estimate of drug-likeness (QED) is 0.840. The van der Waals surface area contributed by atoms with Crippen LogP contribution in [0, 0.1) is 0 Å². The fraction of sp³-hybridized carbons (Fsp3) is 0.250. The van der Waals surface area contributed by atoms with Gasteiger partial charge in [0.1, 0.15) is 6.54 Å². The van der Waals surface area contributed by atoms with Gasteiger partial charge in [-0.3, -0.25) is 9.69 Å². The lowest BCUT2D eigenvalue weighted by Crippen LogP contribution is -2.35. The van der Waals surface area contributed by atoms with E-state index in [0.717, 1.165) is 11.4 Å². The van der Waals surface area contributed by atoms with Gasteiger partial charge in [-0.25, -0.2) is 0 Å². The highest BCUT2D eigenvalue weighted by atomic mass is 16.4. The zero-order chi connectivity index (χ0) is 13.4. The molecule has 0 spiro atoms. The van der Waals surface area contributed by atoms with Crippen LogP contribution in [-0.2, 0) is 4.79 Å². The number of carbonyl (C=O) groups is 1. The number of benzene rings is 1. The van der Waals surface area contributed by atoms with E-state index in [2.05, 4.69) is 15.5 Å². The topological polar surface area (TPSA) is 97.3 Å². The zero-order valence-electron chi connectivity index (χ0n) is 10.3. The smallest absolute Gasteiger partial charge is 0.323 e. The monoisotopic (exact) mass is 259 g/mol. The Morgan fingerprint density at radius 3 is 2.95 bits per heavy atom. The Labute approximate surface area is 109 Å². The molecule has 19 heavy (non-hydrogen) atoms. The van der Waals surface area contributed by atoms with Crippen molar-refractivity contribution in [3.8, 4) is 0 Å². The van der Waals surface area contributed by atoms with E-state index in [1.807, 2.05) is 24.3 Å². The van der Waals surface area contributed by atoms with Crippen LogP contribution in [0.3, 0.4) is 0 Å². The second-order valence-electron chi connectivity index (χ2n) is 4.36. The molecule has 1 aliphatic rings. The summed E-state index contributed by atoms with van der Waals surface area (Å²) in [6, 6.07) is 7.37. The highest BCUT2D eigenvalue weighted by Crippen LogP contribution is 2.34. The summed E-state index contributed by atoms with van der Waals surface area (Å²) in [6.45, 7) is 1.89. The Morgan fingerprint density at radius 2 is 2.21 bits per heavy atom. The summed E-state index contributed by atoms with van der Waals surface area (Å²) >= 11 is 0. The number of aromatic nitrogens is 2. The predicted molar refractivity (Wildman–Crippen MR) is 69.0 cm³/mol. The summed E-state index contributed by atoms with van der Waals surface area (Å²) in [5.41, 5.74) is 7.23. The van der Waals surface area contributed by atoms with Gasteiger partial charge in [-0.2, -0.15) is 0 Å². The molecule has 1 aromatic carbocycles. The fourth-order valence-electron chi connectivity index (χ4n) is 1.92. The molecule has 1 unspecified atom stereocenters. The van der Waals surface area contributed by atoms with Crippen molar-refractivity contribution in [3.63, 3.8) is 0 Å². The van der Waals surface area contributed by atoms with Crippen molar-refractivity contribution in [2.75, 3.05) is 16.8 Å². The van der Waals surface area contributed by atoms with Crippen molar-refractivity contribution in [2.45, 2.75) is 13.0 Å². The first-order chi connectivity index (χ1) is 9.15. The zero-order valence-corrected chi connectivity index (χ0v) is 10.3. The van der Waals surface area contributed by atoms with E-state index in [9.17, 15) is 4.79 Å². The third-order valence-corrected chi connectivity index (χ3v) is 2.82. The van der Waals surface area contributed by atoms with E-state index in [4.69, 9.17) is 10.2 Å². The minimum Gasteiger partial charge on any atom is -0.406 e.